The van der Waals surface area contributed by atoms with Gasteiger partial charge in [-0.15, -0.1) is 0 Å². The lowest BCUT2D eigenvalue weighted by Gasteiger charge is -2.46. The van der Waals surface area contributed by atoms with Crippen LogP contribution in [0.1, 0.15) is 19.2 Å². The normalized spacial score (nSPS) is 20.1. The van der Waals surface area contributed by atoms with Gasteiger partial charge in [-0.05, 0) is 13.3 Å². The van der Waals surface area contributed by atoms with E-state index in [4.69, 9.17) is 10.8 Å². The summed E-state index contributed by atoms with van der Waals surface area (Å²) in [5.74, 6) is 0.876. The molecule has 1 atom stereocenters. The van der Waals surface area contributed by atoms with Gasteiger partial charge in [0, 0.05) is 31.0 Å². The van der Waals surface area contributed by atoms with E-state index in [0.717, 1.165) is 31.8 Å². The maximum absolute atomic E-state index is 9.08. The van der Waals surface area contributed by atoms with E-state index in [1.807, 2.05) is 0 Å². The molecular formula is C11H18N4O. The fourth-order valence-electron chi connectivity index (χ4n) is 2.01. The van der Waals surface area contributed by atoms with Crippen LogP contribution in [0.3, 0.4) is 0 Å². The summed E-state index contributed by atoms with van der Waals surface area (Å²) in [6.07, 6.45) is 4.66. The predicted molar refractivity (Wildman–Crippen MR) is 61.0 cm³/mol. The summed E-state index contributed by atoms with van der Waals surface area (Å²) in [4.78, 5) is 8.15. The Morgan fingerprint density at radius 2 is 2.12 bits per heavy atom. The molecule has 88 valence electrons. The largest absolute Gasteiger partial charge is 0.505 e. The van der Waals surface area contributed by atoms with Gasteiger partial charge in [-0.2, -0.15) is 0 Å². The van der Waals surface area contributed by atoms with Gasteiger partial charge in [0.2, 0.25) is 0 Å². The van der Waals surface area contributed by atoms with Crippen LogP contribution in [0, 0.1) is 5.41 Å². The Bertz CT molecular complexity index is 346. The number of hydrogen-bond donors (Lipinski definition) is 3. The van der Waals surface area contributed by atoms with Gasteiger partial charge in [0.25, 0.3) is 0 Å². The SMILES string of the molecule is C[C@@H](N)C1(CCc2ncc(O)cn2)CNC1. The first-order valence-corrected chi connectivity index (χ1v) is 5.59. The molecular weight excluding hydrogens is 204 g/mol. The quantitative estimate of drug-likeness (QED) is 0.670. The molecule has 0 bridgehead atoms. The summed E-state index contributed by atoms with van der Waals surface area (Å²) in [5.41, 5.74) is 6.20. The third-order valence-electron chi connectivity index (χ3n) is 3.46. The highest BCUT2D eigenvalue weighted by atomic mass is 16.3. The second-order valence-corrected chi connectivity index (χ2v) is 4.61. The monoisotopic (exact) mass is 222 g/mol. The van der Waals surface area contributed by atoms with Crippen LogP contribution < -0.4 is 11.1 Å². The zero-order valence-electron chi connectivity index (χ0n) is 9.48. The number of aromatic hydroxyl groups is 1. The van der Waals surface area contributed by atoms with Crippen LogP contribution in [-0.4, -0.2) is 34.2 Å². The number of aromatic nitrogens is 2. The van der Waals surface area contributed by atoms with E-state index in [1.54, 1.807) is 0 Å². The molecule has 1 saturated heterocycles. The fraction of sp³-hybridized carbons (Fsp3) is 0.636. The molecule has 0 aromatic carbocycles. The first-order chi connectivity index (χ1) is 7.62. The molecule has 1 aromatic rings. The average molecular weight is 222 g/mol. The van der Waals surface area contributed by atoms with Crippen LogP contribution in [0.4, 0.5) is 0 Å². The number of nitrogens with two attached hydrogens (primary N) is 1. The molecule has 0 aliphatic carbocycles. The lowest BCUT2D eigenvalue weighted by atomic mass is 9.72. The number of nitrogens with one attached hydrogen (secondary N) is 1. The van der Waals surface area contributed by atoms with Crippen LogP contribution in [0.25, 0.3) is 0 Å². The lowest BCUT2D eigenvalue weighted by Crippen LogP contribution is -2.61. The highest BCUT2D eigenvalue weighted by Gasteiger charge is 2.39. The fourth-order valence-corrected chi connectivity index (χ4v) is 2.01. The van der Waals surface area contributed by atoms with E-state index in [9.17, 15) is 0 Å². The maximum Gasteiger partial charge on any atom is 0.152 e. The van der Waals surface area contributed by atoms with Gasteiger partial charge in [0.1, 0.15) is 5.82 Å². The van der Waals surface area contributed by atoms with E-state index in [1.165, 1.54) is 12.4 Å². The molecule has 16 heavy (non-hydrogen) atoms. The van der Waals surface area contributed by atoms with E-state index in [0.29, 0.717) is 0 Å². The molecule has 1 aliphatic heterocycles. The topological polar surface area (TPSA) is 84.1 Å². The van der Waals surface area contributed by atoms with Crippen molar-refractivity contribution in [2.45, 2.75) is 25.8 Å². The average Bonchev–Trinajstić information content (AvgIpc) is 2.18. The van der Waals surface area contributed by atoms with Crippen molar-refractivity contribution in [3.63, 3.8) is 0 Å². The molecule has 0 saturated carbocycles. The third-order valence-corrected chi connectivity index (χ3v) is 3.46. The summed E-state index contributed by atoms with van der Waals surface area (Å²) in [5, 5.41) is 12.3. The van der Waals surface area contributed by atoms with Crippen molar-refractivity contribution in [3.05, 3.63) is 18.2 Å². The highest BCUT2D eigenvalue weighted by molar-refractivity contribution is 5.10. The molecule has 1 fully saturated rings. The number of nitrogens with zero attached hydrogens (tertiary/aromatic N) is 2. The van der Waals surface area contributed by atoms with Crippen molar-refractivity contribution in [2.24, 2.45) is 11.1 Å². The summed E-state index contributed by atoms with van der Waals surface area (Å²) in [6.45, 7) is 4.00. The first kappa shape index (κ1) is 11.3. The summed E-state index contributed by atoms with van der Waals surface area (Å²) < 4.78 is 0. The second kappa shape index (κ2) is 4.35. The number of hydrogen-bond acceptors (Lipinski definition) is 5. The van der Waals surface area contributed by atoms with Crippen molar-refractivity contribution >= 4 is 0 Å². The van der Waals surface area contributed by atoms with Crippen LogP contribution in [0.15, 0.2) is 12.4 Å². The zero-order valence-corrected chi connectivity index (χ0v) is 9.48. The molecule has 5 nitrogen and oxygen atoms in total. The van der Waals surface area contributed by atoms with E-state index < -0.39 is 0 Å². The van der Waals surface area contributed by atoms with Crippen molar-refractivity contribution in [1.29, 1.82) is 0 Å². The summed E-state index contributed by atoms with van der Waals surface area (Å²) in [7, 11) is 0. The van der Waals surface area contributed by atoms with Crippen molar-refractivity contribution in [1.82, 2.24) is 15.3 Å². The third kappa shape index (κ3) is 2.15. The zero-order chi connectivity index (χ0) is 11.6. The minimum Gasteiger partial charge on any atom is -0.505 e. The summed E-state index contributed by atoms with van der Waals surface area (Å²) >= 11 is 0. The van der Waals surface area contributed by atoms with Crippen LogP contribution >= 0.6 is 0 Å². The molecule has 0 unspecified atom stereocenters. The number of rotatable bonds is 4. The highest BCUT2D eigenvalue weighted by Crippen LogP contribution is 2.31. The minimum absolute atomic E-state index is 0.107. The Kier molecular flexibility index (Phi) is 3.07. The van der Waals surface area contributed by atoms with E-state index in [-0.39, 0.29) is 17.2 Å². The van der Waals surface area contributed by atoms with Gasteiger partial charge in [-0.3, -0.25) is 0 Å². The first-order valence-electron chi connectivity index (χ1n) is 5.59. The van der Waals surface area contributed by atoms with Gasteiger partial charge in [-0.25, -0.2) is 9.97 Å². The Balaban J connectivity index is 1.93. The Morgan fingerprint density at radius 1 is 1.50 bits per heavy atom. The Labute approximate surface area is 95.1 Å². The van der Waals surface area contributed by atoms with Crippen molar-refractivity contribution in [3.8, 4) is 5.75 Å². The van der Waals surface area contributed by atoms with Crippen molar-refractivity contribution in [2.75, 3.05) is 13.1 Å². The molecule has 1 aliphatic rings. The minimum atomic E-state index is 0.107. The lowest BCUT2D eigenvalue weighted by molar-refractivity contribution is 0.120. The predicted octanol–water partition coefficient (Wildman–Crippen LogP) is 0.0516. The molecule has 0 radical (unpaired) electrons. The molecule has 0 amide bonds. The molecule has 5 heteroatoms. The van der Waals surface area contributed by atoms with Crippen LogP contribution in [-0.2, 0) is 6.42 Å². The maximum atomic E-state index is 9.08. The molecule has 0 spiro atoms. The van der Waals surface area contributed by atoms with E-state index in [2.05, 4.69) is 22.2 Å². The van der Waals surface area contributed by atoms with Gasteiger partial charge in [0.15, 0.2) is 5.75 Å². The molecule has 2 rings (SSSR count). The van der Waals surface area contributed by atoms with Gasteiger partial charge in [-0.1, -0.05) is 0 Å². The summed E-state index contributed by atoms with van der Waals surface area (Å²) in [6, 6.07) is 0.186. The standard InChI is InChI=1S/C11H18N4O/c1-8(12)11(6-13-7-11)3-2-10-14-4-9(16)5-15-10/h4-5,8,13,16H,2-3,6-7,12H2,1H3/t8-/m1/s1. The molecule has 1 aromatic heterocycles. The van der Waals surface area contributed by atoms with Crippen molar-refractivity contribution < 1.29 is 5.11 Å². The van der Waals surface area contributed by atoms with Gasteiger partial charge < -0.3 is 16.2 Å². The Morgan fingerprint density at radius 3 is 2.56 bits per heavy atom. The van der Waals surface area contributed by atoms with Gasteiger partial charge in [0.05, 0.1) is 12.4 Å². The smallest absolute Gasteiger partial charge is 0.152 e. The molecule has 2 heterocycles. The van der Waals surface area contributed by atoms with E-state index >= 15 is 0 Å². The Hall–Kier alpha value is -1.20. The number of aryl methyl sites for hydroxylation is 1. The molecule has 4 N–H and O–H groups in total. The van der Waals surface area contributed by atoms with Gasteiger partial charge >= 0.3 is 0 Å². The van der Waals surface area contributed by atoms with Crippen LogP contribution in [0.5, 0.6) is 5.75 Å². The van der Waals surface area contributed by atoms with Crippen LogP contribution in [0.2, 0.25) is 0 Å². The second-order valence-electron chi connectivity index (χ2n) is 4.61.